The molecule has 3 N–H and O–H groups in total. The Morgan fingerprint density at radius 3 is 2.71 bits per heavy atom. The van der Waals surface area contributed by atoms with Crippen molar-refractivity contribution in [3.63, 3.8) is 0 Å². The highest BCUT2D eigenvalue weighted by molar-refractivity contribution is 6.02. The van der Waals surface area contributed by atoms with Gasteiger partial charge in [0.15, 0.2) is 11.4 Å². The van der Waals surface area contributed by atoms with Gasteiger partial charge in [0.2, 0.25) is 0 Å². The number of carbonyl (C=O) groups is 3. The fraction of sp³-hybridized carbons (Fsp3) is 0.538. The second-order valence-electron chi connectivity index (χ2n) is 5.20. The smallest absolute Gasteiger partial charge is 0.354 e. The first kappa shape index (κ1) is 15.0. The summed E-state index contributed by atoms with van der Waals surface area (Å²) < 4.78 is 0. The Hall–Kier alpha value is -2.38. The van der Waals surface area contributed by atoms with Crippen LogP contribution < -0.4 is 0 Å². The minimum Gasteiger partial charge on any atom is -0.481 e. The molecule has 8 heteroatoms. The number of piperidine rings is 1. The quantitative estimate of drug-likeness (QED) is 0.755. The van der Waals surface area contributed by atoms with Crippen molar-refractivity contribution in [2.75, 3.05) is 13.1 Å². The zero-order valence-electron chi connectivity index (χ0n) is 11.6. The Kier molecular flexibility index (Phi) is 3.97. The summed E-state index contributed by atoms with van der Waals surface area (Å²) in [6.45, 7) is 2.25. The lowest BCUT2D eigenvalue weighted by molar-refractivity contribution is -0.152. The minimum absolute atomic E-state index is 0.0730. The molecule has 1 aromatic heterocycles. The van der Waals surface area contributed by atoms with Crippen LogP contribution in [0.4, 0.5) is 0 Å². The van der Waals surface area contributed by atoms with Crippen molar-refractivity contribution in [1.29, 1.82) is 0 Å². The summed E-state index contributed by atoms with van der Waals surface area (Å²) >= 11 is 0. The number of rotatable bonds is 4. The molecule has 1 aliphatic heterocycles. The maximum atomic E-state index is 12.4. The number of aromatic nitrogens is 2. The molecule has 8 nitrogen and oxygen atoms in total. The van der Waals surface area contributed by atoms with Crippen LogP contribution in [0.15, 0.2) is 6.33 Å². The van der Waals surface area contributed by atoms with Gasteiger partial charge < -0.3 is 20.1 Å². The number of nitrogens with one attached hydrogen (secondary N) is 1. The summed E-state index contributed by atoms with van der Waals surface area (Å²) in [5.41, 5.74) is -1.42. The Balaban J connectivity index is 2.25. The molecule has 1 atom stereocenters. The van der Waals surface area contributed by atoms with E-state index in [1.807, 2.05) is 0 Å². The van der Waals surface area contributed by atoms with Crippen LogP contribution >= 0.6 is 0 Å². The van der Waals surface area contributed by atoms with Crippen LogP contribution in [-0.2, 0) is 4.79 Å². The number of likely N-dealkylation sites (tertiary alicyclic amines) is 1. The lowest BCUT2D eigenvalue weighted by Gasteiger charge is -2.39. The van der Waals surface area contributed by atoms with Gasteiger partial charge in [0, 0.05) is 13.1 Å². The summed E-state index contributed by atoms with van der Waals surface area (Å²) in [5.74, 6) is -2.75. The van der Waals surface area contributed by atoms with E-state index in [2.05, 4.69) is 9.97 Å². The highest BCUT2D eigenvalue weighted by Gasteiger charge is 2.42. The molecule has 114 valence electrons. The Morgan fingerprint density at radius 2 is 2.14 bits per heavy atom. The number of nitrogens with zero attached hydrogens (tertiary/aromatic N) is 2. The van der Waals surface area contributed by atoms with Crippen LogP contribution in [0, 0.1) is 5.41 Å². The molecule has 0 bridgehead atoms. The van der Waals surface area contributed by atoms with Crippen molar-refractivity contribution in [3.8, 4) is 0 Å². The van der Waals surface area contributed by atoms with E-state index in [1.54, 1.807) is 6.92 Å². The van der Waals surface area contributed by atoms with E-state index < -0.39 is 23.3 Å². The second-order valence-corrected chi connectivity index (χ2v) is 5.20. The van der Waals surface area contributed by atoms with Crippen LogP contribution in [0.5, 0.6) is 0 Å². The number of carbonyl (C=O) groups excluding carboxylic acids is 1. The number of hydrogen-bond acceptors (Lipinski definition) is 4. The van der Waals surface area contributed by atoms with Crippen LogP contribution in [0.1, 0.15) is 47.2 Å². The number of H-pyrrole nitrogens is 1. The molecule has 1 aliphatic rings. The largest absolute Gasteiger partial charge is 0.481 e. The van der Waals surface area contributed by atoms with Gasteiger partial charge in [0.1, 0.15) is 0 Å². The first-order valence-corrected chi connectivity index (χ1v) is 6.70. The lowest BCUT2D eigenvalue weighted by atomic mass is 9.77. The van der Waals surface area contributed by atoms with Gasteiger partial charge in [-0.3, -0.25) is 9.59 Å². The molecule has 1 saturated heterocycles. The van der Waals surface area contributed by atoms with Gasteiger partial charge in [0.05, 0.1) is 11.7 Å². The van der Waals surface area contributed by atoms with Gasteiger partial charge in [-0.1, -0.05) is 6.92 Å². The molecule has 0 spiro atoms. The molecular weight excluding hydrogens is 278 g/mol. The van der Waals surface area contributed by atoms with Crippen LogP contribution in [0.25, 0.3) is 0 Å². The zero-order chi connectivity index (χ0) is 15.6. The molecule has 1 unspecified atom stereocenters. The van der Waals surface area contributed by atoms with Crippen molar-refractivity contribution in [3.05, 3.63) is 17.7 Å². The fourth-order valence-corrected chi connectivity index (χ4v) is 2.69. The molecule has 1 amide bonds. The predicted octanol–water partition coefficient (Wildman–Crippen LogP) is 0.825. The molecule has 2 heterocycles. The lowest BCUT2D eigenvalue weighted by Crippen LogP contribution is -2.49. The van der Waals surface area contributed by atoms with Crippen molar-refractivity contribution in [2.24, 2.45) is 5.41 Å². The summed E-state index contributed by atoms with van der Waals surface area (Å²) in [4.78, 5) is 42.5. The van der Waals surface area contributed by atoms with E-state index in [0.717, 1.165) is 6.33 Å². The number of amides is 1. The molecule has 0 aromatic carbocycles. The van der Waals surface area contributed by atoms with E-state index in [9.17, 15) is 19.5 Å². The molecular formula is C13H17N3O5. The third-order valence-corrected chi connectivity index (χ3v) is 4.05. The number of carboxylic acid groups (broad SMARTS) is 2. The topological polar surface area (TPSA) is 124 Å². The van der Waals surface area contributed by atoms with Gasteiger partial charge in [-0.05, 0) is 19.3 Å². The molecule has 2 rings (SSSR count). The fourth-order valence-electron chi connectivity index (χ4n) is 2.69. The van der Waals surface area contributed by atoms with Crippen LogP contribution in [-0.4, -0.2) is 56.0 Å². The van der Waals surface area contributed by atoms with Gasteiger partial charge in [-0.15, -0.1) is 0 Å². The number of aliphatic carboxylic acids is 1. The molecule has 0 aliphatic carbocycles. The van der Waals surface area contributed by atoms with Crippen molar-refractivity contribution in [2.45, 2.75) is 26.2 Å². The molecule has 21 heavy (non-hydrogen) atoms. The monoisotopic (exact) mass is 295 g/mol. The number of hydrogen-bond donors (Lipinski definition) is 3. The normalized spacial score (nSPS) is 22.0. The Morgan fingerprint density at radius 1 is 1.43 bits per heavy atom. The SMILES string of the molecule is CCC1(C(=O)O)CCCN(C(=O)c2nc[nH]c2C(=O)O)C1. The van der Waals surface area contributed by atoms with Gasteiger partial charge in [-0.25, -0.2) is 9.78 Å². The maximum Gasteiger partial charge on any atom is 0.354 e. The predicted molar refractivity (Wildman–Crippen MR) is 71.0 cm³/mol. The Bertz CT molecular complexity index is 582. The molecule has 0 radical (unpaired) electrons. The highest BCUT2D eigenvalue weighted by Crippen LogP contribution is 2.34. The summed E-state index contributed by atoms with van der Waals surface area (Å²) in [7, 11) is 0. The maximum absolute atomic E-state index is 12.4. The number of carboxylic acids is 2. The summed E-state index contributed by atoms with van der Waals surface area (Å²) in [6.07, 6.45) is 2.64. The number of aromatic amines is 1. The minimum atomic E-state index is -1.27. The first-order valence-electron chi connectivity index (χ1n) is 6.70. The Labute approximate surface area is 120 Å². The molecule has 0 saturated carbocycles. The number of imidazole rings is 1. The first-order chi connectivity index (χ1) is 9.91. The third kappa shape index (κ3) is 2.61. The van der Waals surface area contributed by atoms with Gasteiger partial charge in [0.25, 0.3) is 5.91 Å². The zero-order valence-corrected chi connectivity index (χ0v) is 11.6. The second kappa shape index (κ2) is 5.55. The van der Waals surface area contributed by atoms with Crippen molar-refractivity contribution in [1.82, 2.24) is 14.9 Å². The van der Waals surface area contributed by atoms with E-state index in [4.69, 9.17) is 5.11 Å². The van der Waals surface area contributed by atoms with E-state index in [1.165, 1.54) is 4.90 Å². The average Bonchev–Trinajstić information content (AvgIpc) is 2.95. The van der Waals surface area contributed by atoms with Crippen LogP contribution in [0.2, 0.25) is 0 Å². The van der Waals surface area contributed by atoms with Crippen LogP contribution in [0.3, 0.4) is 0 Å². The average molecular weight is 295 g/mol. The molecule has 1 fully saturated rings. The van der Waals surface area contributed by atoms with Gasteiger partial charge >= 0.3 is 11.9 Å². The number of aromatic carboxylic acids is 1. The van der Waals surface area contributed by atoms with Gasteiger partial charge in [-0.2, -0.15) is 0 Å². The van der Waals surface area contributed by atoms with E-state index in [0.29, 0.717) is 25.8 Å². The summed E-state index contributed by atoms with van der Waals surface area (Å²) in [5, 5.41) is 18.4. The molecule has 1 aromatic rings. The van der Waals surface area contributed by atoms with Crippen molar-refractivity contribution < 1.29 is 24.6 Å². The van der Waals surface area contributed by atoms with E-state index >= 15 is 0 Å². The van der Waals surface area contributed by atoms with Crippen molar-refractivity contribution >= 4 is 17.8 Å². The van der Waals surface area contributed by atoms with E-state index in [-0.39, 0.29) is 17.9 Å². The standard InChI is InChI=1S/C13H17N3O5/c1-2-13(12(20)21)4-3-5-16(6-13)10(17)8-9(11(18)19)15-7-14-8/h7H,2-6H2,1H3,(H,14,15)(H,18,19)(H,20,21). The third-order valence-electron chi connectivity index (χ3n) is 4.05. The summed E-state index contributed by atoms with van der Waals surface area (Å²) in [6, 6.07) is 0. The highest BCUT2D eigenvalue weighted by atomic mass is 16.4.